The van der Waals surface area contributed by atoms with Crippen molar-refractivity contribution >= 4 is 41.6 Å². The van der Waals surface area contributed by atoms with Crippen LogP contribution in [0.15, 0.2) is 21.5 Å². The topological polar surface area (TPSA) is 54.5 Å². The first kappa shape index (κ1) is 16.7. The van der Waals surface area contributed by atoms with E-state index in [0.717, 1.165) is 18.6 Å². The van der Waals surface area contributed by atoms with Gasteiger partial charge < -0.3 is 4.90 Å². The Bertz CT molecular complexity index is 695. The van der Waals surface area contributed by atoms with Crippen molar-refractivity contribution in [3.8, 4) is 0 Å². The highest BCUT2D eigenvalue weighted by Gasteiger charge is 2.32. The molecule has 0 saturated carbocycles. The predicted octanol–water partition coefficient (Wildman–Crippen LogP) is 3.39. The Kier molecular flexibility index (Phi) is 4.66. The van der Waals surface area contributed by atoms with Crippen molar-refractivity contribution in [3.05, 3.63) is 28.0 Å². The zero-order valence-corrected chi connectivity index (χ0v) is 14.6. The van der Waals surface area contributed by atoms with E-state index < -0.39 is 19.8 Å². The summed E-state index contributed by atoms with van der Waals surface area (Å²) in [5.74, 6) is -0.861. The van der Waals surface area contributed by atoms with E-state index in [0.29, 0.717) is 12.5 Å². The Balaban J connectivity index is 2.46. The minimum Gasteiger partial charge on any atom is -0.336 e. The third kappa shape index (κ3) is 3.40. The van der Waals surface area contributed by atoms with Crippen molar-refractivity contribution < 1.29 is 17.6 Å². The molecule has 4 nitrogen and oxygen atoms in total. The van der Waals surface area contributed by atoms with Gasteiger partial charge in [0.1, 0.15) is 10.7 Å². The van der Waals surface area contributed by atoms with Gasteiger partial charge in [-0.2, -0.15) is 0 Å². The summed E-state index contributed by atoms with van der Waals surface area (Å²) in [6, 6.07) is 2.16. The molecule has 0 bridgehead atoms. The molecule has 1 aliphatic heterocycles. The predicted molar refractivity (Wildman–Crippen MR) is 81.4 cm³/mol. The number of hydrogen-bond donors (Lipinski definition) is 0. The first-order valence-electron chi connectivity index (χ1n) is 6.36. The summed E-state index contributed by atoms with van der Waals surface area (Å²) in [6.07, 6.45) is 0.866. The SMILES string of the molecule is CC1CC(C)N(C(=O)c2cc(F)c(Br)c(S(=O)(=O)Cl)c2)C1. The number of benzene rings is 1. The molecule has 1 fully saturated rings. The Morgan fingerprint density at radius 2 is 2.05 bits per heavy atom. The fraction of sp³-hybridized carbons (Fsp3) is 0.462. The lowest BCUT2D eigenvalue weighted by atomic mass is 10.1. The molecule has 1 amide bonds. The number of hydrogen-bond acceptors (Lipinski definition) is 3. The van der Waals surface area contributed by atoms with Crippen LogP contribution in [0.3, 0.4) is 0 Å². The van der Waals surface area contributed by atoms with Gasteiger partial charge in [0.2, 0.25) is 0 Å². The van der Waals surface area contributed by atoms with Gasteiger partial charge in [-0.3, -0.25) is 4.79 Å². The van der Waals surface area contributed by atoms with Crippen LogP contribution in [0.4, 0.5) is 4.39 Å². The van der Waals surface area contributed by atoms with Crippen molar-refractivity contribution in [2.45, 2.75) is 31.2 Å². The second-order valence-corrected chi connectivity index (χ2v) is 8.68. The summed E-state index contributed by atoms with van der Waals surface area (Å²) in [7, 11) is 1.13. The minimum atomic E-state index is -4.15. The van der Waals surface area contributed by atoms with Gasteiger partial charge in [0.15, 0.2) is 0 Å². The maximum atomic E-state index is 13.9. The van der Waals surface area contributed by atoms with E-state index in [9.17, 15) is 17.6 Å². The normalized spacial score (nSPS) is 22.6. The van der Waals surface area contributed by atoms with Gasteiger partial charge in [-0.05, 0) is 47.3 Å². The number of likely N-dealkylation sites (tertiary alicyclic amines) is 1. The van der Waals surface area contributed by atoms with Gasteiger partial charge >= 0.3 is 0 Å². The fourth-order valence-electron chi connectivity index (χ4n) is 2.61. The van der Waals surface area contributed by atoms with Crippen LogP contribution in [0.25, 0.3) is 0 Å². The average Bonchev–Trinajstić information content (AvgIpc) is 2.69. The van der Waals surface area contributed by atoms with Crippen molar-refractivity contribution in [2.75, 3.05) is 6.54 Å². The second-order valence-electron chi connectivity index (χ2n) is 5.36. The van der Waals surface area contributed by atoms with Gasteiger partial charge in [0.25, 0.3) is 15.0 Å². The average molecular weight is 399 g/mol. The number of rotatable bonds is 2. The molecule has 2 atom stereocenters. The van der Waals surface area contributed by atoms with Crippen LogP contribution >= 0.6 is 26.6 Å². The molecule has 116 valence electrons. The van der Waals surface area contributed by atoms with E-state index in [2.05, 4.69) is 15.9 Å². The van der Waals surface area contributed by atoms with Crippen LogP contribution in [0, 0.1) is 11.7 Å². The quantitative estimate of drug-likeness (QED) is 0.718. The van der Waals surface area contributed by atoms with Crippen LogP contribution in [-0.4, -0.2) is 31.8 Å². The number of carbonyl (C=O) groups excluding carboxylic acids is 1. The standard InChI is InChI=1S/C13H14BrClFNO3S/c1-7-3-8(2)17(6-7)13(18)9-4-10(16)12(14)11(5-9)21(15,19)20/h4-5,7-8H,3,6H2,1-2H3. The van der Waals surface area contributed by atoms with Gasteiger partial charge in [-0.15, -0.1) is 0 Å². The number of amides is 1. The van der Waals surface area contributed by atoms with E-state index in [1.165, 1.54) is 0 Å². The summed E-state index contributed by atoms with van der Waals surface area (Å²) in [5.41, 5.74) is -0.0177. The van der Waals surface area contributed by atoms with E-state index in [-0.39, 0.29) is 22.0 Å². The second kappa shape index (κ2) is 5.85. The molecule has 21 heavy (non-hydrogen) atoms. The lowest BCUT2D eigenvalue weighted by Gasteiger charge is -2.22. The van der Waals surface area contributed by atoms with Crippen LogP contribution < -0.4 is 0 Å². The van der Waals surface area contributed by atoms with Crippen LogP contribution in [0.2, 0.25) is 0 Å². The molecule has 0 spiro atoms. The van der Waals surface area contributed by atoms with Crippen LogP contribution in [0.5, 0.6) is 0 Å². The summed E-state index contributed by atoms with van der Waals surface area (Å²) in [6.45, 7) is 4.51. The highest BCUT2D eigenvalue weighted by Crippen LogP contribution is 2.31. The Hall–Kier alpha value is -0.660. The van der Waals surface area contributed by atoms with Gasteiger partial charge in [-0.1, -0.05) is 6.92 Å². The molecule has 0 aliphatic carbocycles. The van der Waals surface area contributed by atoms with Crippen molar-refractivity contribution in [3.63, 3.8) is 0 Å². The fourth-order valence-corrected chi connectivity index (χ4v) is 4.71. The summed E-state index contributed by atoms with van der Waals surface area (Å²) < 4.78 is 36.5. The van der Waals surface area contributed by atoms with Gasteiger partial charge in [0, 0.05) is 28.8 Å². The lowest BCUT2D eigenvalue weighted by Crippen LogP contribution is -2.34. The molecule has 1 aromatic rings. The van der Waals surface area contributed by atoms with Crippen molar-refractivity contribution in [1.82, 2.24) is 4.90 Å². The minimum absolute atomic E-state index is 0.0177. The van der Waals surface area contributed by atoms with Crippen LogP contribution in [0.1, 0.15) is 30.6 Å². The molecule has 2 rings (SSSR count). The Morgan fingerprint density at radius 1 is 1.43 bits per heavy atom. The maximum absolute atomic E-state index is 13.9. The Labute approximate surface area is 135 Å². The van der Waals surface area contributed by atoms with Crippen LogP contribution in [-0.2, 0) is 9.05 Å². The van der Waals surface area contributed by atoms with E-state index in [1.807, 2.05) is 13.8 Å². The van der Waals surface area contributed by atoms with E-state index in [1.54, 1.807) is 4.90 Å². The molecular weight excluding hydrogens is 385 g/mol. The third-order valence-corrected chi connectivity index (χ3v) is 5.96. The molecule has 0 N–H and O–H groups in total. The third-order valence-electron chi connectivity index (χ3n) is 3.55. The van der Waals surface area contributed by atoms with Gasteiger partial charge in [-0.25, -0.2) is 12.8 Å². The van der Waals surface area contributed by atoms with Crippen molar-refractivity contribution in [2.24, 2.45) is 5.92 Å². The highest BCUT2D eigenvalue weighted by atomic mass is 79.9. The summed E-state index contributed by atoms with van der Waals surface area (Å²) in [4.78, 5) is 13.6. The molecule has 8 heteroatoms. The molecule has 2 unspecified atom stereocenters. The number of halogens is 3. The molecule has 1 aliphatic rings. The number of carbonyl (C=O) groups is 1. The summed E-state index contributed by atoms with van der Waals surface area (Å²) >= 11 is 2.84. The zero-order valence-electron chi connectivity index (χ0n) is 11.4. The highest BCUT2D eigenvalue weighted by molar-refractivity contribution is 9.10. The maximum Gasteiger partial charge on any atom is 0.262 e. The van der Waals surface area contributed by atoms with Crippen molar-refractivity contribution in [1.29, 1.82) is 0 Å². The van der Waals surface area contributed by atoms with E-state index >= 15 is 0 Å². The molecule has 1 heterocycles. The molecule has 0 radical (unpaired) electrons. The first-order valence-corrected chi connectivity index (χ1v) is 9.46. The molecule has 1 aromatic carbocycles. The number of nitrogens with zero attached hydrogens (tertiary/aromatic N) is 1. The largest absolute Gasteiger partial charge is 0.336 e. The van der Waals surface area contributed by atoms with Gasteiger partial charge in [0.05, 0.1) is 4.47 Å². The Morgan fingerprint density at radius 3 is 2.52 bits per heavy atom. The molecule has 0 aromatic heterocycles. The smallest absolute Gasteiger partial charge is 0.262 e. The van der Waals surface area contributed by atoms with E-state index in [4.69, 9.17) is 10.7 Å². The summed E-state index contributed by atoms with van der Waals surface area (Å²) in [5, 5.41) is 0. The monoisotopic (exact) mass is 397 g/mol. The molecule has 1 saturated heterocycles. The molecular formula is C13H14BrClFNO3S. The zero-order chi connectivity index (χ0) is 15.9. The lowest BCUT2D eigenvalue weighted by molar-refractivity contribution is 0.0743. The first-order chi connectivity index (χ1) is 9.61.